The van der Waals surface area contributed by atoms with Gasteiger partial charge in [-0.25, -0.2) is 9.97 Å². The van der Waals surface area contributed by atoms with Crippen LogP contribution in [0.4, 0.5) is 5.82 Å². The van der Waals surface area contributed by atoms with Gasteiger partial charge in [0.05, 0.1) is 7.11 Å². The van der Waals surface area contributed by atoms with Crippen LogP contribution in [0.25, 0.3) is 11.1 Å². The van der Waals surface area contributed by atoms with Crippen molar-refractivity contribution in [1.82, 2.24) is 15.1 Å². The molecule has 1 aliphatic rings. The lowest BCUT2D eigenvalue weighted by atomic mass is 9.86. The van der Waals surface area contributed by atoms with E-state index in [0.29, 0.717) is 23.9 Å². The fourth-order valence-corrected chi connectivity index (χ4v) is 3.73. The average molecular weight is 352 g/mol. The van der Waals surface area contributed by atoms with Crippen molar-refractivity contribution in [3.8, 4) is 5.75 Å². The summed E-state index contributed by atoms with van der Waals surface area (Å²) in [5.41, 5.74) is 4.70. The second-order valence-electron chi connectivity index (χ2n) is 6.97. The smallest absolute Gasteiger partial charge is 0.227 e. The van der Waals surface area contributed by atoms with Gasteiger partial charge in [0.25, 0.3) is 0 Å². The third-order valence-corrected chi connectivity index (χ3v) is 5.16. The Morgan fingerprint density at radius 3 is 2.85 bits per heavy atom. The van der Waals surface area contributed by atoms with E-state index in [1.165, 1.54) is 24.8 Å². The highest BCUT2D eigenvalue weighted by Crippen LogP contribution is 2.36. The number of anilines is 1. The van der Waals surface area contributed by atoms with Gasteiger partial charge in [0.2, 0.25) is 5.58 Å². The van der Waals surface area contributed by atoms with Gasteiger partial charge < -0.3 is 14.6 Å². The molecule has 3 aromatic rings. The Balaban J connectivity index is 1.58. The molecule has 6 heteroatoms. The van der Waals surface area contributed by atoms with Crippen molar-refractivity contribution >= 4 is 16.9 Å². The summed E-state index contributed by atoms with van der Waals surface area (Å²) in [6.07, 6.45) is 7.72. The van der Waals surface area contributed by atoms with Gasteiger partial charge in [-0.1, -0.05) is 36.6 Å². The Morgan fingerprint density at radius 1 is 1.19 bits per heavy atom. The van der Waals surface area contributed by atoms with Crippen LogP contribution < -0.4 is 10.1 Å². The third-order valence-electron chi connectivity index (χ3n) is 5.16. The molecule has 6 nitrogen and oxygen atoms in total. The Morgan fingerprint density at radius 2 is 2.04 bits per heavy atom. The lowest BCUT2D eigenvalue weighted by molar-refractivity contribution is 0.395. The van der Waals surface area contributed by atoms with Crippen molar-refractivity contribution < 1.29 is 9.26 Å². The maximum Gasteiger partial charge on any atom is 0.227 e. The van der Waals surface area contributed by atoms with Crippen LogP contribution in [-0.4, -0.2) is 22.2 Å². The highest BCUT2D eigenvalue weighted by molar-refractivity contribution is 5.85. The fraction of sp³-hybridized carbons (Fsp3) is 0.450. The number of aromatic nitrogens is 3. The van der Waals surface area contributed by atoms with Gasteiger partial charge in [0, 0.05) is 18.0 Å². The first-order chi connectivity index (χ1) is 12.8. The van der Waals surface area contributed by atoms with E-state index in [1.54, 1.807) is 13.4 Å². The molecule has 2 heterocycles. The minimum Gasteiger partial charge on any atom is -0.496 e. The largest absolute Gasteiger partial charge is 0.496 e. The van der Waals surface area contributed by atoms with E-state index in [1.807, 2.05) is 6.07 Å². The summed E-state index contributed by atoms with van der Waals surface area (Å²) in [7, 11) is 1.69. The number of nitrogens with one attached hydrogen (secondary N) is 1. The first-order valence-electron chi connectivity index (χ1n) is 9.24. The van der Waals surface area contributed by atoms with Crippen LogP contribution in [0.5, 0.6) is 5.75 Å². The summed E-state index contributed by atoms with van der Waals surface area (Å²) in [6, 6.07) is 6.17. The molecule has 0 saturated heterocycles. The summed E-state index contributed by atoms with van der Waals surface area (Å²) < 4.78 is 11.1. The number of hydrogen-bond donors (Lipinski definition) is 1. The van der Waals surface area contributed by atoms with Crippen molar-refractivity contribution in [2.24, 2.45) is 0 Å². The van der Waals surface area contributed by atoms with Gasteiger partial charge in [-0.05, 0) is 31.4 Å². The second kappa shape index (κ2) is 7.32. The van der Waals surface area contributed by atoms with Gasteiger partial charge in [-0.3, -0.25) is 0 Å². The van der Waals surface area contributed by atoms with Crippen molar-refractivity contribution in [2.75, 3.05) is 12.4 Å². The van der Waals surface area contributed by atoms with Gasteiger partial charge in [0.15, 0.2) is 5.82 Å². The minimum atomic E-state index is 0.449. The molecule has 0 amide bonds. The molecule has 0 radical (unpaired) electrons. The van der Waals surface area contributed by atoms with E-state index >= 15 is 0 Å². The van der Waals surface area contributed by atoms with Gasteiger partial charge in [0.1, 0.15) is 23.3 Å². The number of ether oxygens (including phenoxy) is 1. The van der Waals surface area contributed by atoms with E-state index in [4.69, 9.17) is 9.26 Å². The number of rotatable bonds is 5. The van der Waals surface area contributed by atoms with Crippen LogP contribution in [0.3, 0.4) is 0 Å². The number of fused-ring (bicyclic) bond motifs is 1. The minimum absolute atomic E-state index is 0.449. The molecule has 1 N–H and O–H groups in total. The maximum atomic E-state index is 5.63. The van der Waals surface area contributed by atoms with Crippen LogP contribution in [0.1, 0.15) is 54.8 Å². The van der Waals surface area contributed by atoms with Crippen molar-refractivity contribution in [3.63, 3.8) is 0 Å². The molecule has 0 unspecified atom stereocenters. The van der Waals surface area contributed by atoms with Crippen molar-refractivity contribution in [3.05, 3.63) is 41.3 Å². The Kier molecular flexibility index (Phi) is 4.73. The predicted octanol–water partition coefficient (Wildman–Crippen LogP) is 4.59. The standard InChI is InChI=1S/C20H24N4O2/c1-13-8-9-15(16(10-13)25-2)11-21-20-19-18(22-12-23-20)17(24-26-19)14-6-4-3-5-7-14/h8-10,12,14H,3-7,11H2,1-2H3,(H,21,22,23). The summed E-state index contributed by atoms with van der Waals surface area (Å²) in [6.45, 7) is 2.64. The fourth-order valence-electron chi connectivity index (χ4n) is 3.73. The molecule has 1 fully saturated rings. The zero-order chi connectivity index (χ0) is 17.9. The van der Waals surface area contributed by atoms with Crippen LogP contribution in [0.15, 0.2) is 29.0 Å². The molecule has 26 heavy (non-hydrogen) atoms. The zero-order valence-electron chi connectivity index (χ0n) is 15.3. The summed E-state index contributed by atoms with van der Waals surface area (Å²) in [5, 5.41) is 7.69. The molecule has 2 aromatic heterocycles. The van der Waals surface area contributed by atoms with E-state index in [-0.39, 0.29) is 0 Å². The van der Waals surface area contributed by atoms with Crippen molar-refractivity contribution in [1.29, 1.82) is 0 Å². The molecule has 0 atom stereocenters. The molecular weight excluding hydrogens is 328 g/mol. The molecule has 136 valence electrons. The van der Waals surface area contributed by atoms with Crippen molar-refractivity contribution in [2.45, 2.75) is 51.5 Å². The van der Waals surface area contributed by atoms with E-state index in [9.17, 15) is 0 Å². The Hall–Kier alpha value is -2.63. The zero-order valence-corrected chi connectivity index (χ0v) is 15.3. The Bertz CT molecular complexity index is 900. The van der Waals surface area contributed by atoms with Crippen LogP contribution in [0, 0.1) is 6.92 Å². The predicted molar refractivity (Wildman–Crippen MR) is 100 cm³/mol. The summed E-state index contributed by atoms with van der Waals surface area (Å²) >= 11 is 0. The van der Waals surface area contributed by atoms with Crippen LogP contribution in [0.2, 0.25) is 0 Å². The number of hydrogen-bond acceptors (Lipinski definition) is 6. The Labute approximate surface area is 153 Å². The highest BCUT2D eigenvalue weighted by atomic mass is 16.5. The van der Waals surface area contributed by atoms with Crippen LogP contribution in [-0.2, 0) is 6.54 Å². The number of benzene rings is 1. The van der Waals surface area contributed by atoms with Crippen LogP contribution >= 0.6 is 0 Å². The topological polar surface area (TPSA) is 73.1 Å². The number of methoxy groups -OCH3 is 1. The lowest BCUT2D eigenvalue weighted by Crippen LogP contribution is -2.06. The lowest BCUT2D eigenvalue weighted by Gasteiger charge is -2.18. The molecule has 1 aliphatic carbocycles. The van der Waals surface area contributed by atoms with Gasteiger partial charge in [-0.2, -0.15) is 0 Å². The quantitative estimate of drug-likeness (QED) is 0.724. The van der Waals surface area contributed by atoms with E-state index in [2.05, 4.69) is 39.5 Å². The molecule has 0 bridgehead atoms. The molecule has 4 rings (SSSR count). The maximum absolute atomic E-state index is 5.63. The number of nitrogens with zero attached hydrogens (tertiary/aromatic N) is 3. The SMILES string of the molecule is COc1cc(C)ccc1CNc1ncnc2c(C3CCCCC3)noc12. The van der Waals surface area contributed by atoms with Gasteiger partial charge >= 0.3 is 0 Å². The first kappa shape index (κ1) is 16.8. The summed E-state index contributed by atoms with van der Waals surface area (Å²) in [4.78, 5) is 8.80. The molecule has 0 spiro atoms. The molecular formula is C20H24N4O2. The van der Waals surface area contributed by atoms with E-state index in [0.717, 1.165) is 35.4 Å². The second-order valence-corrected chi connectivity index (χ2v) is 6.97. The molecule has 1 aromatic carbocycles. The highest BCUT2D eigenvalue weighted by Gasteiger charge is 2.24. The summed E-state index contributed by atoms with van der Waals surface area (Å²) in [5.74, 6) is 1.99. The molecule has 1 saturated carbocycles. The third kappa shape index (κ3) is 3.23. The van der Waals surface area contributed by atoms with E-state index < -0.39 is 0 Å². The number of aryl methyl sites for hydroxylation is 1. The average Bonchev–Trinajstić information content (AvgIpc) is 3.12. The monoisotopic (exact) mass is 352 g/mol. The first-order valence-corrected chi connectivity index (χ1v) is 9.24. The van der Waals surface area contributed by atoms with Gasteiger partial charge in [-0.15, -0.1) is 0 Å². The molecule has 0 aliphatic heterocycles. The normalized spacial score (nSPS) is 15.3.